The second-order valence-electron chi connectivity index (χ2n) is 7.41. The van der Waals surface area contributed by atoms with E-state index in [2.05, 4.69) is 10.3 Å². The summed E-state index contributed by atoms with van der Waals surface area (Å²) in [4.78, 5) is 15.3. The van der Waals surface area contributed by atoms with Gasteiger partial charge in [0, 0.05) is 17.8 Å². The van der Waals surface area contributed by atoms with Crippen LogP contribution in [0.5, 0.6) is 0 Å². The van der Waals surface area contributed by atoms with Crippen LogP contribution in [0.25, 0.3) is 0 Å². The standard InChI is InChI=1S/C17H34N4O6S/c1-8(15-14(25)13(24)12(23)11(7-22)28-15)6-9(2)21-10(16(26)27)4-3-5-20-17(18)19/h8-15,21-25H,3-7H2,1-2H3,(H,26,27)(H4,18,19,20)/t8?,9?,10-,11+,12-,13-,14+,15-/m0/s1. The number of nitrogens with one attached hydrogen (secondary N) is 1. The Hall–Kier alpha value is -1.11. The van der Waals surface area contributed by atoms with E-state index in [-0.39, 0.29) is 29.8 Å². The Morgan fingerprint density at radius 1 is 1.18 bits per heavy atom. The Labute approximate surface area is 169 Å². The van der Waals surface area contributed by atoms with Crippen LogP contribution in [0, 0.1) is 5.92 Å². The van der Waals surface area contributed by atoms with Crippen molar-refractivity contribution in [3.63, 3.8) is 0 Å². The Kier molecular flexibility index (Phi) is 10.5. The molecular formula is C17H34N4O6S. The van der Waals surface area contributed by atoms with Crippen LogP contribution in [0.3, 0.4) is 0 Å². The first kappa shape index (κ1) is 24.9. The van der Waals surface area contributed by atoms with Gasteiger partial charge in [-0.2, -0.15) is 0 Å². The lowest BCUT2D eigenvalue weighted by atomic mass is 9.90. The monoisotopic (exact) mass is 422 g/mol. The van der Waals surface area contributed by atoms with Crippen LogP contribution in [0.1, 0.15) is 33.1 Å². The molecule has 1 fully saturated rings. The summed E-state index contributed by atoms with van der Waals surface area (Å²) >= 11 is 1.25. The number of hydrogen-bond acceptors (Lipinski definition) is 8. The number of aliphatic hydroxyl groups is 4. The predicted octanol–water partition coefficient (Wildman–Crippen LogP) is -1.94. The van der Waals surface area contributed by atoms with Crippen LogP contribution in [0.15, 0.2) is 4.99 Å². The first-order chi connectivity index (χ1) is 13.1. The topological polar surface area (TPSA) is 195 Å². The lowest BCUT2D eigenvalue weighted by Crippen LogP contribution is -2.56. The van der Waals surface area contributed by atoms with Crippen molar-refractivity contribution in [2.75, 3.05) is 13.2 Å². The van der Waals surface area contributed by atoms with Crippen LogP contribution < -0.4 is 16.8 Å². The van der Waals surface area contributed by atoms with Crippen LogP contribution in [0.2, 0.25) is 0 Å². The molecule has 0 aliphatic carbocycles. The van der Waals surface area contributed by atoms with Gasteiger partial charge in [-0.1, -0.05) is 6.92 Å². The molecule has 1 saturated heterocycles. The average Bonchev–Trinajstić information content (AvgIpc) is 2.61. The summed E-state index contributed by atoms with van der Waals surface area (Å²) < 4.78 is 0. The second-order valence-corrected chi connectivity index (χ2v) is 8.84. The number of carboxylic acids is 1. The van der Waals surface area contributed by atoms with E-state index >= 15 is 0 Å². The fourth-order valence-corrected chi connectivity index (χ4v) is 5.00. The third kappa shape index (κ3) is 7.37. The predicted molar refractivity (Wildman–Crippen MR) is 108 cm³/mol. The highest BCUT2D eigenvalue weighted by molar-refractivity contribution is 8.00. The quantitative estimate of drug-likeness (QED) is 0.105. The highest BCUT2D eigenvalue weighted by atomic mass is 32.2. The number of nitrogens with zero attached hydrogens (tertiary/aromatic N) is 1. The lowest BCUT2D eigenvalue weighted by molar-refractivity contribution is -0.140. The van der Waals surface area contributed by atoms with Gasteiger partial charge in [0.15, 0.2) is 5.96 Å². The third-order valence-corrected chi connectivity index (χ3v) is 6.78. The number of hydrogen-bond donors (Lipinski definition) is 8. The molecule has 0 aromatic carbocycles. The van der Waals surface area contributed by atoms with Crippen molar-refractivity contribution in [3.05, 3.63) is 0 Å². The zero-order chi connectivity index (χ0) is 21.4. The molecule has 1 aliphatic rings. The second kappa shape index (κ2) is 11.8. The molecule has 0 radical (unpaired) electrons. The first-order valence-corrected chi connectivity index (χ1v) is 10.4. The van der Waals surface area contributed by atoms with Crippen molar-refractivity contribution in [1.82, 2.24) is 5.32 Å². The number of rotatable bonds is 11. The number of aliphatic carboxylic acids is 1. The molecule has 1 heterocycles. The molecule has 10 N–H and O–H groups in total. The van der Waals surface area contributed by atoms with Gasteiger partial charge in [-0.05, 0) is 32.1 Å². The van der Waals surface area contributed by atoms with E-state index in [1.165, 1.54) is 11.8 Å². The maximum Gasteiger partial charge on any atom is 0.320 e. The van der Waals surface area contributed by atoms with E-state index in [1.54, 1.807) is 0 Å². The smallest absolute Gasteiger partial charge is 0.320 e. The van der Waals surface area contributed by atoms with Crippen molar-refractivity contribution >= 4 is 23.7 Å². The maximum atomic E-state index is 11.5. The summed E-state index contributed by atoms with van der Waals surface area (Å²) in [5, 5.41) is 51.2. The molecule has 28 heavy (non-hydrogen) atoms. The minimum Gasteiger partial charge on any atom is -0.480 e. The van der Waals surface area contributed by atoms with E-state index in [1.807, 2.05) is 13.8 Å². The highest BCUT2D eigenvalue weighted by Crippen LogP contribution is 2.38. The van der Waals surface area contributed by atoms with Crippen LogP contribution >= 0.6 is 11.8 Å². The van der Waals surface area contributed by atoms with Crippen LogP contribution in [-0.2, 0) is 4.79 Å². The number of aliphatic imine (C=N–C) groups is 1. The van der Waals surface area contributed by atoms with Crippen LogP contribution in [0.4, 0.5) is 0 Å². The minimum atomic E-state index is -1.32. The average molecular weight is 423 g/mol. The summed E-state index contributed by atoms with van der Waals surface area (Å²) in [5.41, 5.74) is 10.5. The Morgan fingerprint density at radius 2 is 1.82 bits per heavy atom. The number of thioether (sulfide) groups is 1. The molecule has 0 aromatic heterocycles. The molecule has 0 spiro atoms. The first-order valence-electron chi connectivity index (χ1n) is 9.43. The van der Waals surface area contributed by atoms with Gasteiger partial charge in [0.2, 0.25) is 0 Å². The normalized spacial score (nSPS) is 31.0. The summed E-state index contributed by atoms with van der Waals surface area (Å²) in [6.45, 7) is 3.80. The van der Waals surface area contributed by atoms with Crippen molar-refractivity contribution in [3.8, 4) is 0 Å². The van der Waals surface area contributed by atoms with E-state index in [4.69, 9.17) is 11.5 Å². The Morgan fingerprint density at radius 3 is 2.36 bits per heavy atom. The number of carboxylic acid groups (broad SMARTS) is 1. The molecule has 0 bridgehead atoms. The van der Waals surface area contributed by atoms with E-state index in [0.717, 1.165) is 0 Å². The third-order valence-electron chi connectivity index (χ3n) is 4.94. The molecule has 10 nitrogen and oxygen atoms in total. The fourth-order valence-electron chi connectivity index (χ4n) is 3.49. The molecular weight excluding hydrogens is 388 g/mol. The molecule has 11 heteroatoms. The zero-order valence-electron chi connectivity index (χ0n) is 16.3. The largest absolute Gasteiger partial charge is 0.480 e. The molecule has 0 aromatic rings. The molecule has 0 saturated carbocycles. The Balaban J connectivity index is 2.60. The lowest BCUT2D eigenvalue weighted by Gasteiger charge is -2.42. The number of nitrogens with two attached hydrogens (primary N) is 2. The van der Waals surface area contributed by atoms with Gasteiger partial charge in [-0.3, -0.25) is 9.79 Å². The fraction of sp³-hybridized carbons (Fsp3) is 0.882. The van der Waals surface area contributed by atoms with Crippen molar-refractivity contribution in [2.45, 2.75) is 74.0 Å². The molecule has 1 rings (SSSR count). The minimum absolute atomic E-state index is 0.0287. The summed E-state index contributed by atoms with van der Waals surface area (Å²) in [5.74, 6) is -1.08. The van der Waals surface area contributed by atoms with E-state index < -0.39 is 35.6 Å². The molecule has 164 valence electrons. The molecule has 2 unspecified atom stereocenters. The summed E-state index contributed by atoms with van der Waals surface area (Å²) in [7, 11) is 0. The SMILES string of the molecule is CC(CC(C)[C@@H]1S[C@H](CO)[C@H](O)[C@H](O)[C@H]1O)N[C@@H](CCCN=C(N)N)C(=O)O. The van der Waals surface area contributed by atoms with Crippen molar-refractivity contribution in [1.29, 1.82) is 0 Å². The van der Waals surface area contributed by atoms with Gasteiger partial charge in [0.05, 0.1) is 24.1 Å². The van der Waals surface area contributed by atoms with Crippen LogP contribution in [-0.4, -0.2) is 91.5 Å². The van der Waals surface area contributed by atoms with Gasteiger partial charge in [0.1, 0.15) is 12.1 Å². The molecule has 8 atom stereocenters. The summed E-state index contributed by atoms with van der Waals surface area (Å²) in [6, 6.07) is -0.915. The van der Waals surface area contributed by atoms with Gasteiger partial charge < -0.3 is 42.3 Å². The Bertz CT molecular complexity index is 520. The van der Waals surface area contributed by atoms with Gasteiger partial charge in [-0.25, -0.2) is 0 Å². The van der Waals surface area contributed by atoms with Gasteiger partial charge in [0.25, 0.3) is 0 Å². The molecule has 1 aliphatic heterocycles. The van der Waals surface area contributed by atoms with Crippen molar-refractivity contribution < 1.29 is 30.3 Å². The zero-order valence-corrected chi connectivity index (χ0v) is 17.1. The van der Waals surface area contributed by atoms with E-state index in [0.29, 0.717) is 25.8 Å². The highest BCUT2D eigenvalue weighted by Gasteiger charge is 2.44. The number of carbonyl (C=O) groups is 1. The van der Waals surface area contributed by atoms with Gasteiger partial charge in [-0.15, -0.1) is 11.8 Å². The van der Waals surface area contributed by atoms with Gasteiger partial charge >= 0.3 is 5.97 Å². The van der Waals surface area contributed by atoms with E-state index in [9.17, 15) is 30.3 Å². The van der Waals surface area contributed by atoms with Crippen molar-refractivity contribution in [2.24, 2.45) is 22.4 Å². The maximum absolute atomic E-state index is 11.5. The number of aliphatic hydroxyl groups excluding tert-OH is 4. The molecule has 0 amide bonds. The number of guanidine groups is 1. The summed E-state index contributed by atoms with van der Waals surface area (Å²) in [6.07, 6.45) is -2.21.